The third kappa shape index (κ3) is 3.66. The minimum absolute atomic E-state index is 0.0720. The summed E-state index contributed by atoms with van der Waals surface area (Å²) in [4.78, 5) is 15.5. The van der Waals surface area contributed by atoms with Crippen molar-refractivity contribution in [3.8, 4) is 11.1 Å². The van der Waals surface area contributed by atoms with Crippen LogP contribution in [0.1, 0.15) is 6.92 Å². The first-order valence-corrected chi connectivity index (χ1v) is 9.68. The molecule has 2 aromatic heterocycles. The number of nitrogens with one attached hydrogen (secondary N) is 2. The lowest BCUT2D eigenvalue weighted by Crippen LogP contribution is -2.19. The van der Waals surface area contributed by atoms with Gasteiger partial charge in [0.2, 0.25) is 10.0 Å². The molecular weight excluding hydrogens is 338 g/mol. The number of pyridine rings is 1. The molecule has 6 nitrogen and oxygen atoms in total. The third-order valence-electron chi connectivity index (χ3n) is 3.83. The summed E-state index contributed by atoms with van der Waals surface area (Å²) in [5, 5.41) is 0.838. The molecule has 0 unspecified atom stereocenters. The SMILES string of the molecule is C/C=C/Cn1cc(-c2ccc(NS(C)(=O)=O)cc2)c2cc[nH]c2c1=O. The molecule has 3 rings (SSSR count). The second kappa shape index (κ2) is 6.60. The molecule has 1 aromatic carbocycles. The van der Waals surface area contributed by atoms with Gasteiger partial charge in [-0.2, -0.15) is 0 Å². The Morgan fingerprint density at radius 1 is 1.20 bits per heavy atom. The summed E-state index contributed by atoms with van der Waals surface area (Å²) in [5.41, 5.74) is 2.79. The molecule has 0 fully saturated rings. The quantitative estimate of drug-likeness (QED) is 0.689. The molecular formula is C18H19N3O3S. The predicted octanol–water partition coefficient (Wildman–Crippen LogP) is 2.94. The summed E-state index contributed by atoms with van der Waals surface area (Å²) < 4.78 is 26.7. The van der Waals surface area contributed by atoms with Gasteiger partial charge in [-0.1, -0.05) is 24.3 Å². The normalized spacial score (nSPS) is 12.1. The first-order valence-electron chi connectivity index (χ1n) is 7.79. The molecule has 0 aliphatic rings. The van der Waals surface area contributed by atoms with Crippen molar-refractivity contribution in [1.29, 1.82) is 0 Å². The van der Waals surface area contributed by atoms with Gasteiger partial charge in [0.15, 0.2) is 0 Å². The van der Waals surface area contributed by atoms with Crippen LogP contribution < -0.4 is 10.3 Å². The van der Waals surface area contributed by atoms with Crippen molar-refractivity contribution in [2.45, 2.75) is 13.5 Å². The van der Waals surface area contributed by atoms with Crippen LogP contribution >= 0.6 is 0 Å². The van der Waals surface area contributed by atoms with Gasteiger partial charge in [0.05, 0.1) is 6.26 Å². The van der Waals surface area contributed by atoms with Crippen molar-refractivity contribution < 1.29 is 8.42 Å². The molecule has 0 saturated carbocycles. The number of sulfonamides is 1. The van der Waals surface area contributed by atoms with E-state index < -0.39 is 10.0 Å². The maximum Gasteiger partial charge on any atom is 0.275 e. The van der Waals surface area contributed by atoms with Crippen LogP contribution in [-0.2, 0) is 16.6 Å². The number of rotatable bonds is 5. The van der Waals surface area contributed by atoms with E-state index in [0.29, 0.717) is 17.7 Å². The average Bonchev–Trinajstić information content (AvgIpc) is 3.04. The number of allylic oxidation sites excluding steroid dienone is 2. The third-order valence-corrected chi connectivity index (χ3v) is 4.44. The number of benzene rings is 1. The number of aromatic nitrogens is 2. The van der Waals surface area contributed by atoms with Crippen LogP contribution in [0.25, 0.3) is 22.0 Å². The zero-order valence-electron chi connectivity index (χ0n) is 14.0. The standard InChI is InChI=1S/C18H19N3O3S/c1-3-4-11-21-12-16(15-9-10-19-17(15)18(21)22)13-5-7-14(8-6-13)20-25(2,23)24/h3-10,12,19-20H,11H2,1-2H3/b4-3+. The Balaban J connectivity index is 2.10. The number of nitrogens with zero attached hydrogens (tertiary/aromatic N) is 1. The van der Waals surface area contributed by atoms with E-state index >= 15 is 0 Å². The Morgan fingerprint density at radius 2 is 1.92 bits per heavy atom. The minimum atomic E-state index is -3.31. The largest absolute Gasteiger partial charge is 0.357 e. The summed E-state index contributed by atoms with van der Waals surface area (Å²) in [6, 6.07) is 8.95. The smallest absolute Gasteiger partial charge is 0.275 e. The lowest BCUT2D eigenvalue weighted by Gasteiger charge is -2.10. The molecule has 0 aliphatic heterocycles. The second-order valence-corrected chi connectivity index (χ2v) is 7.54. The number of hydrogen-bond donors (Lipinski definition) is 2. The van der Waals surface area contributed by atoms with Crippen LogP contribution in [0.4, 0.5) is 5.69 Å². The fourth-order valence-electron chi connectivity index (χ4n) is 2.71. The fourth-order valence-corrected chi connectivity index (χ4v) is 3.28. The van der Waals surface area contributed by atoms with Crippen LogP contribution in [0.3, 0.4) is 0 Å². The van der Waals surface area contributed by atoms with Gasteiger partial charge in [-0.25, -0.2) is 8.42 Å². The van der Waals surface area contributed by atoms with Crippen molar-refractivity contribution in [3.05, 3.63) is 65.2 Å². The number of H-pyrrole nitrogens is 1. The molecule has 0 saturated heterocycles. The number of hydrogen-bond acceptors (Lipinski definition) is 3. The summed E-state index contributed by atoms with van der Waals surface area (Å²) in [6.07, 6.45) is 8.50. The molecule has 0 atom stereocenters. The van der Waals surface area contributed by atoms with Gasteiger partial charge in [0, 0.05) is 35.6 Å². The maximum atomic E-state index is 12.5. The van der Waals surface area contributed by atoms with E-state index in [0.717, 1.165) is 22.8 Å². The molecule has 7 heteroatoms. The topological polar surface area (TPSA) is 84.0 Å². The van der Waals surface area contributed by atoms with Gasteiger partial charge in [-0.3, -0.25) is 9.52 Å². The van der Waals surface area contributed by atoms with E-state index in [1.165, 1.54) is 0 Å². The number of fused-ring (bicyclic) bond motifs is 1. The molecule has 0 bridgehead atoms. The predicted molar refractivity (Wildman–Crippen MR) is 101 cm³/mol. The molecule has 0 radical (unpaired) electrons. The van der Waals surface area contributed by atoms with E-state index in [4.69, 9.17) is 0 Å². The van der Waals surface area contributed by atoms with E-state index in [2.05, 4.69) is 9.71 Å². The number of aromatic amines is 1. The summed E-state index contributed by atoms with van der Waals surface area (Å²) in [5.74, 6) is 0. The molecule has 2 N–H and O–H groups in total. The van der Waals surface area contributed by atoms with Crippen LogP contribution in [-0.4, -0.2) is 24.2 Å². The average molecular weight is 357 g/mol. The summed E-state index contributed by atoms with van der Waals surface area (Å²) in [6.45, 7) is 2.40. The molecule has 3 aromatic rings. The van der Waals surface area contributed by atoms with E-state index in [-0.39, 0.29) is 5.56 Å². The molecule has 0 spiro atoms. The Bertz CT molecular complexity index is 1090. The van der Waals surface area contributed by atoms with Crippen LogP contribution in [0.15, 0.2) is 59.7 Å². The Hall–Kier alpha value is -2.80. The lowest BCUT2D eigenvalue weighted by atomic mass is 10.0. The van der Waals surface area contributed by atoms with Crippen molar-refractivity contribution in [2.24, 2.45) is 0 Å². The molecule has 25 heavy (non-hydrogen) atoms. The van der Waals surface area contributed by atoms with E-state index in [1.54, 1.807) is 22.9 Å². The van der Waals surface area contributed by atoms with Crippen molar-refractivity contribution in [2.75, 3.05) is 11.0 Å². The molecule has 2 heterocycles. The Morgan fingerprint density at radius 3 is 2.56 bits per heavy atom. The summed E-state index contributed by atoms with van der Waals surface area (Å²) >= 11 is 0. The van der Waals surface area contributed by atoms with Crippen LogP contribution in [0.5, 0.6) is 0 Å². The summed E-state index contributed by atoms with van der Waals surface area (Å²) in [7, 11) is -3.31. The van der Waals surface area contributed by atoms with E-state index in [1.807, 2.05) is 43.5 Å². The lowest BCUT2D eigenvalue weighted by molar-refractivity contribution is 0.607. The maximum absolute atomic E-state index is 12.5. The van der Waals surface area contributed by atoms with Gasteiger partial charge in [-0.15, -0.1) is 0 Å². The Kier molecular flexibility index (Phi) is 4.50. The monoisotopic (exact) mass is 357 g/mol. The zero-order valence-corrected chi connectivity index (χ0v) is 14.8. The zero-order chi connectivity index (χ0) is 18.0. The number of anilines is 1. The second-order valence-electron chi connectivity index (χ2n) is 5.79. The highest BCUT2D eigenvalue weighted by Crippen LogP contribution is 2.27. The molecule has 130 valence electrons. The van der Waals surface area contributed by atoms with Gasteiger partial charge in [0.1, 0.15) is 5.52 Å². The Labute approximate surface area is 145 Å². The van der Waals surface area contributed by atoms with E-state index in [9.17, 15) is 13.2 Å². The van der Waals surface area contributed by atoms with Gasteiger partial charge in [0.25, 0.3) is 5.56 Å². The van der Waals surface area contributed by atoms with Crippen LogP contribution in [0.2, 0.25) is 0 Å². The van der Waals surface area contributed by atoms with Gasteiger partial charge >= 0.3 is 0 Å². The first kappa shape index (κ1) is 17.0. The van der Waals surface area contributed by atoms with Crippen molar-refractivity contribution in [1.82, 2.24) is 9.55 Å². The highest BCUT2D eigenvalue weighted by atomic mass is 32.2. The van der Waals surface area contributed by atoms with Gasteiger partial charge < -0.3 is 9.55 Å². The minimum Gasteiger partial charge on any atom is -0.357 e. The highest BCUT2D eigenvalue weighted by molar-refractivity contribution is 7.92. The molecule has 0 amide bonds. The van der Waals surface area contributed by atoms with Gasteiger partial charge in [-0.05, 0) is 30.7 Å². The van der Waals surface area contributed by atoms with Crippen molar-refractivity contribution >= 4 is 26.6 Å². The molecule has 0 aliphatic carbocycles. The van der Waals surface area contributed by atoms with Crippen molar-refractivity contribution in [3.63, 3.8) is 0 Å². The first-order chi connectivity index (χ1) is 11.9. The fraction of sp³-hybridized carbons (Fsp3) is 0.167. The van der Waals surface area contributed by atoms with Crippen LogP contribution in [0, 0.1) is 0 Å². The highest BCUT2D eigenvalue weighted by Gasteiger charge is 2.11.